The molecule has 0 rings (SSSR count). The Morgan fingerprint density at radius 3 is 1.81 bits per heavy atom. The maximum Gasteiger partial charge on any atom is 0.320 e. The maximum absolute atomic E-state index is 11.5. The Bertz CT molecular complexity index is 563. The Labute approximate surface area is 160 Å². The van der Waals surface area contributed by atoms with Crippen molar-refractivity contribution < 1.29 is 19.1 Å². The Kier molecular flexibility index (Phi) is 11.0. The SMILES string of the molecule is COC(=O)C(CCC#CCCCCC#C[Si](C)(C)C(C)(C)C)C(=O)OC. The fourth-order valence-corrected chi connectivity index (χ4v) is 2.85. The number of esters is 2. The molecule has 0 heterocycles. The van der Waals surface area contributed by atoms with E-state index in [0.29, 0.717) is 17.9 Å². The van der Waals surface area contributed by atoms with Crippen molar-refractivity contribution in [1.29, 1.82) is 0 Å². The lowest BCUT2D eigenvalue weighted by atomic mass is 10.0. The molecule has 0 saturated carbocycles. The van der Waals surface area contributed by atoms with Crippen LogP contribution in [-0.4, -0.2) is 34.2 Å². The van der Waals surface area contributed by atoms with Crippen LogP contribution in [0, 0.1) is 29.2 Å². The van der Waals surface area contributed by atoms with Crippen molar-refractivity contribution in [3.05, 3.63) is 0 Å². The highest BCUT2D eigenvalue weighted by Gasteiger charge is 2.33. The summed E-state index contributed by atoms with van der Waals surface area (Å²) >= 11 is 0. The second-order valence-electron chi connectivity index (χ2n) is 7.88. The molecule has 0 aliphatic heterocycles. The zero-order valence-corrected chi connectivity index (χ0v) is 18.5. The number of methoxy groups -OCH3 is 2. The summed E-state index contributed by atoms with van der Waals surface area (Å²) in [6.45, 7) is 11.5. The summed E-state index contributed by atoms with van der Waals surface area (Å²) in [7, 11) is 1.03. The number of carbonyl (C=O) groups is 2. The first-order chi connectivity index (χ1) is 12.1. The molecule has 0 aliphatic carbocycles. The van der Waals surface area contributed by atoms with Crippen LogP contribution in [0.3, 0.4) is 0 Å². The van der Waals surface area contributed by atoms with Crippen molar-refractivity contribution in [2.75, 3.05) is 14.2 Å². The zero-order valence-electron chi connectivity index (χ0n) is 17.5. The standard InChI is InChI=1S/C21H34O4Si/c1-21(2,3)26(6,7)17-15-13-11-9-8-10-12-14-16-18(19(22)24-4)20(23)25-5/h18H,8-9,11,13-14,16H2,1-7H3. The lowest BCUT2D eigenvalue weighted by Crippen LogP contribution is -2.35. The molecule has 0 fully saturated rings. The number of ether oxygens (including phenoxy) is 2. The van der Waals surface area contributed by atoms with Crippen LogP contribution in [0.15, 0.2) is 0 Å². The lowest BCUT2D eigenvalue weighted by Gasteiger charge is -2.31. The van der Waals surface area contributed by atoms with Crippen molar-refractivity contribution in [3.63, 3.8) is 0 Å². The van der Waals surface area contributed by atoms with Crippen molar-refractivity contribution in [2.24, 2.45) is 5.92 Å². The highest BCUT2D eigenvalue weighted by molar-refractivity contribution is 6.87. The number of hydrogen-bond acceptors (Lipinski definition) is 4. The van der Waals surface area contributed by atoms with Crippen LogP contribution in [0.5, 0.6) is 0 Å². The topological polar surface area (TPSA) is 52.6 Å². The van der Waals surface area contributed by atoms with E-state index in [0.717, 1.165) is 25.7 Å². The van der Waals surface area contributed by atoms with E-state index in [4.69, 9.17) is 0 Å². The smallest absolute Gasteiger partial charge is 0.320 e. The van der Waals surface area contributed by atoms with Crippen LogP contribution in [-0.2, 0) is 19.1 Å². The molecule has 4 nitrogen and oxygen atoms in total. The quantitative estimate of drug-likeness (QED) is 0.217. The number of hydrogen-bond donors (Lipinski definition) is 0. The molecule has 0 spiro atoms. The van der Waals surface area contributed by atoms with E-state index in [1.807, 2.05) is 0 Å². The zero-order chi connectivity index (χ0) is 20.2. The molecule has 0 amide bonds. The van der Waals surface area contributed by atoms with Gasteiger partial charge in [-0.2, -0.15) is 0 Å². The van der Waals surface area contributed by atoms with Gasteiger partial charge in [-0.3, -0.25) is 9.59 Å². The van der Waals surface area contributed by atoms with Crippen molar-refractivity contribution >= 4 is 20.0 Å². The van der Waals surface area contributed by atoms with Crippen molar-refractivity contribution in [1.82, 2.24) is 0 Å². The van der Waals surface area contributed by atoms with E-state index >= 15 is 0 Å². The van der Waals surface area contributed by atoms with Gasteiger partial charge in [0, 0.05) is 19.3 Å². The Hall–Kier alpha value is -1.72. The van der Waals surface area contributed by atoms with Gasteiger partial charge >= 0.3 is 11.9 Å². The van der Waals surface area contributed by atoms with Crippen molar-refractivity contribution in [2.45, 2.75) is 77.4 Å². The Morgan fingerprint density at radius 2 is 1.35 bits per heavy atom. The Morgan fingerprint density at radius 1 is 0.885 bits per heavy atom. The molecule has 0 unspecified atom stereocenters. The molecular weight excluding hydrogens is 344 g/mol. The molecule has 26 heavy (non-hydrogen) atoms. The largest absolute Gasteiger partial charge is 0.468 e. The van der Waals surface area contributed by atoms with Gasteiger partial charge in [-0.25, -0.2) is 0 Å². The van der Waals surface area contributed by atoms with Gasteiger partial charge in [-0.1, -0.05) is 33.9 Å². The predicted molar refractivity (Wildman–Crippen MR) is 108 cm³/mol. The van der Waals surface area contributed by atoms with E-state index in [-0.39, 0.29) is 0 Å². The van der Waals surface area contributed by atoms with Crippen LogP contribution in [0.25, 0.3) is 0 Å². The van der Waals surface area contributed by atoms with Gasteiger partial charge in [0.1, 0.15) is 8.07 Å². The first-order valence-electron chi connectivity index (χ1n) is 9.18. The second-order valence-corrected chi connectivity index (χ2v) is 12.9. The molecule has 0 aromatic carbocycles. The minimum atomic E-state index is -1.49. The average Bonchev–Trinajstić information content (AvgIpc) is 2.57. The van der Waals surface area contributed by atoms with Gasteiger partial charge in [0.2, 0.25) is 0 Å². The molecule has 0 radical (unpaired) electrons. The summed E-state index contributed by atoms with van der Waals surface area (Å²) in [5.74, 6) is 7.43. The molecule has 0 N–H and O–H groups in total. The van der Waals surface area contributed by atoms with Crippen LogP contribution < -0.4 is 0 Å². The van der Waals surface area contributed by atoms with Crippen LogP contribution in [0.4, 0.5) is 0 Å². The molecule has 0 aromatic heterocycles. The molecule has 0 saturated heterocycles. The third-order valence-corrected chi connectivity index (χ3v) is 9.34. The summed E-state index contributed by atoms with van der Waals surface area (Å²) in [4.78, 5) is 23.1. The monoisotopic (exact) mass is 378 g/mol. The first kappa shape index (κ1) is 24.3. The minimum absolute atomic E-state index is 0.303. The summed E-state index contributed by atoms with van der Waals surface area (Å²) in [6, 6.07) is 0. The third kappa shape index (κ3) is 9.11. The minimum Gasteiger partial charge on any atom is -0.468 e. The highest BCUT2D eigenvalue weighted by Crippen LogP contribution is 2.35. The average molecular weight is 379 g/mol. The second kappa shape index (κ2) is 11.8. The molecule has 0 bridgehead atoms. The summed E-state index contributed by atoms with van der Waals surface area (Å²) < 4.78 is 9.23. The number of unbranched alkanes of at least 4 members (excludes halogenated alkanes) is 3. The van der Waals surface area contributed by atoms with Crippen molar-refractivity contribution in [3.8, 4) is 23.3 Å². The summed E-state index contributed by atoms with van der Waals surface area (Å²) in [6.07, 6.45) is 4.58. The fraction of sp³-hybridized carbons (Fsp3) is 0.714. The lowest BCUT2D eigenvalue weighted by molar-refractivity contribution is -0.159. The summed E-state index contributed by atoms with van der Waals surface area (Å²) in [5.41, 5.74) is 3.52. The van der Waals surface area contributed by atoms with E-state index in [9.17, 15) is 9.59 Å². The van der Waals surface area contributed by atoms with Crippen LogP contribution >= 0.6 is 0 Å². The first-order valence-corrected chi connectivity index (χ1v) is 12.2. The van der Waals surface area contributed by atoms with Crippen LogP contribution in [0.2, 0.25) is 18.1 Å². The highest BCUT2D eigenvalue weighted by atomic mass is 28.3. The van der Waals surface area contributed by atoms with Gasteiger partial charge in [-0.05, 0) is 24.3 Å². The fourth-order valence-electron chi connectivity index (χ4n) is 1.91. The number of carbonyl (C=O) groups excluding carboxylic acids is 2. The predicted octanol–water partition coefficient (Wildman–Crippen LogP) is 4.34. The van der Waals surface area contributed by atoms with E-state index in [1.54, 1.807) is 0 Å². The molecule has 0 atom stereocenters. The van der Waals surface area contributed by atoms with E-state index in [1.165, 1.54) is 14.2 Å². The Balaban J connectivity index is 4.12. The van der Waals surface area contributed by atoms with Gasteiger partial charge in [0.15, 0.2) is 5.92 Å². The van der Waals surface area contributed by atoms with Gasteiger partial charge < -0.3 is 9.47 Å². The van der Waals surface area contributed by atoms with Gasteiger partial charge in [0.05, 0.1) is 14.2 Å². The molecule has 5 heteroatoms. The maximum atomic E-state index is 11.5. The normalized spacial score (nSPS) is 11.1. The molecule has 0 aromatic rings. The van der Waals surface area contributed by atoms with E-state index in [2.05, 4.69) is 66.6 Å². The van der Waals surface area contributed by atoms with Gasteiger partial charge in [0.25, 0.3) is 0 Å². The third-order valence-electron chi connectivity index (χ3n) is 4.78. The molecule has 0 aliphatic rings. The van der Waals surface area contributed by atoms with Gasteiger partial charge in [-0.15, -0.1) is 23.3 Å². The summed E-state index contributed by atoms with van der Waals surface area (Å²) in [5, 5.41) is 0.303. The number of rotatable bonds is 7. The van der Waals surface area contributed by atoms with E-state index < -0.39 is 25.9 Å². The van der Waals surface area contributed by atoms with Crippen LogP contribution in [0.1, 0.15) is 59.3 Å². The molecule has 146 valence electrons. The molecular formula is C21H34O4Si.